The van der Waals surface area contributed by atoms with Crippen molar-refractivity contribution in [2.75, 3.05) is 19.8 Å². The van der Waals surface area contributed by atoms with E-state index in [-0.39, 0.29) is 18.2 Å². The molecule has 0 bridgehead atoms. The minimum absolute atomic E-state index is 0.0165. The maximum atomic E-state index is 11.9. The first-order valence-electron chi connectivity index (χ1n) is 7.77. The molecule has 120 valence electrons. The molecule has 3 rings (SSSR count). The zero-order valence-corrected chi connectivity index (χ0v) is 12.8. The molecule has 6 heteroatoms. The van der Waals surface area contributed by atoms with Crippen molar-refractivity contribution in [3.05, 3.63) is 23.8 Å². The number of hydrogen-bond donors (Lipinski definition) is 2. The van der Waals surface area contributed by atoms with Crippen LogP contribution in [0.3, 0.4) is 0 Å². The van der Waals surface area contributed by atoms with Gasteiger partial charge in [-0.25, -0.2) is 4.79 Å². The van der Waals surface area contributed by atoms with E-state index in [1.54, 1.807) is 0 Å². The molecule has 2 aliphatic rings. The summed E-state index contributed by atoms with van der Waals surface area (Å²) in [6.07, 6.45) is 2.19. The Kier molecular flexibility index (Phi) is 4.68. The van der Waals surface area contributed by atoms with Crippen molar-refractivity contribution in [2.45, 2.75) is 38.5 Å². The number of carbonyl (C=O) groups is 1. The van der Waals surface area contributed by atoms with Gasteiger partial charge in [-0.2, -0.15) is 0 Å². The fraction of sp³-hybridized carbons (Fsp3) is 0.562. The molecule has 0 spiro atoms. The van der Waals surface area contributed by atoms with Gasteiger partial charge < -0.3 is 24.8 Å². The maximum Gasteiger partial charge on any atom is 0.315 e. The monoisotopic (exact) mass is 306 g/mol. The van der Waals surface area contributed by atoms with E-state index >= 15 is 0 Å². The van der Waals surface area contributed by atoms with Crippen molar-refractivity contribution < 1.29 is 19.0 Å². The summed E-state index contributed by atoms with van der Waals surface area (Å²) in [7, 11) is 0. The molecule has 1 aromatic carbocycles. The van der Waals surface area contributed by atoms with Crippen molar-refractivity contribution in [2.24, 2.45) is 0 Å². The van der Waals surface area contributed by atoms with Crippen LogP contribution in [0.25, 0.3) is 0 Å². The molecule has 1 aromatic rings. The van der Waals surface area contributed by atoms with Crippen LogP contribution in [0.5, 0.6) is 11.5 Å². The molecule has 0 saturated carbocycles. The zero-order chi connectivity index (χ0) is 15.4. The molecule has 0 radical (unpaired) electrons. The summed E-state index contributed by atoms with van der Waals surface area (Å²) in [5.41, 5.74) is 0.976. The fourth-order valence-electron chi connectivity index (χ4n) is 2.73. The first-order valence-corrected chi connectivity index (χ1v) is 7.77. The van der Waals surface area contributed by atoms with Crippen molar-refractivity contribution in [1.82, 2.24) is 10.6 Å². The van der Waals surface area contributed by atoms with Gasteiger partial charge >= 0.3 is 6.03 Å². The third-order valence-electron chi connectivity index (χ3n) is 3.94. The van der Waals surface area contributed by atoms with Crippen LogP contribution in [0.15, 0.2) is 18.2 Å². The number of ether oxygens (including phenoxy) is 3. The van der Waals surface area contributed by atoms with Crippen LogP contribution in [0.1, 0.15) is 25.3 Å². The molecular formula is C16H22N2O4. The lowest BCUT2D eigenvalue weighted by atomic mass is 10.1. The quantitative estimate of drug-likeness (QED) is 0.890. The highest BCUT2D eigenvalue weighted by Gasteiger charge is 2.23. The lowest BCUT2D eigenvalue weighted by molar-refractivity contribution is 0.0860. The predicted molar refractivity (Wildman–Crippen MR) is 81.2 cm³/mol. The summed E-state index contributed by atoms with van der Waals surface area (Å²) in [6.45, 7) is 4.34. The minimum Gasteiger partial charge on any atom is -0.486 e. The second-order valence-electron chi connectivity index (χ2n) is 5.65. The molecule has 22 heavy (non-hydrogen) atoms. The summed E-state index contributed by atoms with van der Waals surface area (Å²) in [6, 6.07) is 5.54. The second kappa shape index (κ2) is 6.87. The third-order valence-corrected chi connectivity index (χ3v) is 3.94. The summed E-state index contributed by atoms with van der Waals surface area (Å²) < 4.78 is 16.6. The van der Waals surface area contributed by atoms with Crippen LogP contribution < -0.4 is 20.1 Å². The van der Waals surface area contributed by atoms with Crippen LogP contribution in [0, 0.1) is 0 Å². The smallest absolute Gasteiger partial charge is 0.315 e. The summed E-state index contributed by atoms with van der Waals surface area (Å²) in [5, 5.41) is 5.78. The van der Waals surface area contributed by atoms with Crippen LogP contribution in [0.2, 0.25) is 0 Å². The minimum atomic E-state index is -0.183. The van der Waals surface area contributed by atoms with E-state index in [1.165, 1.54) is 0 Å². The Hall–Kier alpha value is -1.95. The lowest BCUT2D eigenvalue weighted by Gasteiger charge is -2.21. The second-order valence-corrected chi connectivity index (χ2v) is 5.65. The number of nitrogens with one attached hydrogen (secondary N) is 2. The Morgan fingerprint density at radius 2 is 2.09 bits per heavy atom. The van der Waals surface area contributed by atoms with Crippen LogP contribution >= 0.6 is 0 Å². The average Bonchev–Trinajstić information content (AvgIpc) is 3.07. The van der Waals surface area contributed by atoms with E-state index in [0.29, 0.717) is 19.8 Å². The Labute approximate surface area is 130 Å². The third kappa shape index (κ3) is 3.62. The molecule has 2 heterocycles. The topological polar surface area (TPSA) is 68.8 Å². The van der Waals surface area contributed by atoms with Gasteiger partial charge in [0, 0.05) is 13.2 Å². The molecule has 2 aliphatic heterocycles. The largest absolute Gasteiger partial charge is 0.486 e. The Morgan fingerprint density at radius 1 is 1.27 bits per heavy atom. The summed E-state index contributed by atoms with van der Waals surface area (Å²) >= 11 is 0. The van der Waals surface area contributed by atoms with E-state index in [9.17, 15) is 4.79 Å². The van der Waals surface area contributed by atoms with E-state index in [1.807, 2.05) is 25.1 Å². The first-order chi connectivity index (χ1) is 10.7. The zero-order valence-electron chi connectivity index (χ0n) is 12.8. The van der Waals surface area contributed by atoms with E-state index < -0.39 is 0 Å². The van der Waals surface area contributed by atoms with Gasteiger partial charge in [0.25, 0.3) is 0 Å². The first kappa shape index (κ1) is 15.0. The average molecular weight is 306 g/mol. The standard InChI is InChI=1S/C16H22N2O4/c1-11(13-3-2-6-20-13)18-16(19)17-10-12-4-5-14-15(9-12)22-8-7-21-14/h4-5,9,11,13H,2-3,6-8,10H2,1H3,(H2,17,18,19)/t11-,13-/m1/s1. The number of amides is 2. The Morgan fingerprint density at radius 3 is 2.86 bits per heavy atom. The highest BCUT2D eigenvalue weighted by Crippen LogP contribution is 2.30. The van der Waals surface area contributed by atoms with Crippen molar-refractivity contribution >= 4 is 6.03 Å². The number of hydrogen-bond acceptors (Lipinski definition) is 4. The Balaban J connectivity index is 1.48. The molecule has 2 atom stereocenters. The number of fused-ring (bicyclic) bond motifs is 1. The van der Waals surface area contributed by atoms with Crippen molar-refractivity contribution in [3.8, 4) is 11.5 Å². The number of rotatable bonds is 4. The highest BCUT2D eigenvalue weighted by molar-refractivity contribution is 5.74. The van der Waals surface area contributed by atoms with E-state index in [0.717, 1.165) is 36.5 Å². The normalized spacial score (nSPS) is 21.2. The fourth-order valence-corrected chi connectivity index (χ4v) is 2.73. The van der Waals surface area contributed by atoms with E-state index in [2.05, 4.69) is 10.6 Å². The van der Waals surface area contributed by atoms with Crippen LogP contribution in [-0.4, -0.2) is 38.0 Å². The lowest BCUT2D eigenvalue weighted by Crippen LogP contribution is -2.45. The van der Waals surface area contributed by atoms with Gasteiger partial charge in [0.2, 0.25) is 0 Å². The van der Waals surface area contributed by atoms with Gasteiger partial charge in [0.1, 0.15) is 13.2 Å². The molecule has 2 N–H and O–H groups in total. The van der Waals surface area contributed by atoms with Gasteiger partial charge in [-0.05, 0) is 37.5 Å². The molecule has 6 nitrogen and oxygen atoms in total. The number of carbonyl (C=O) groups excluding carboxylic acids is 1. The SMILES string of the molecule is C[C@@H](NC(=O)NCc1ccc2c(c1)OCCO2)[C@H]1CCCO1. The molecule has 0 aromatic heterocycles. The van der Waals surface area contributed by atoms with Gasteiger partial charge in [0.15, 0.2) is 11.5 Å². The molecule has 1 fully saturated rings. The maximum absolute atomic E-state index is 11.9. The number of benzene rings is 1. The highest BCUT2D eigenvalue weighted by atomic mass is 16.6. The van der Waals surface area contributed by atoms with Gasteiger partial charge in [-0.1, -0.05) is 6.07 Å². The molecule has 0 unspecified atom stereocenters. The Bertz CT molecular complexity index is 529. The molecule has 2 amide bonds. The molecule has 0 aliphatic carbocycles. The van der Waals surface area contributed by atoms with E-state index in [4.69, 9.17) is 14.2 Å². The summed E-state index contributed by atoms with van der Waals surface area (Å²) in [4.78, 5) is 11.9. The van der Waals surface area contributed by atoms with Gasteiger partial charge in [-0.3, -0.25) is 0 Å². The van der Waals surface area contributed by atoms with Crippen LogP contribution in [-0.2, 0) is 11.3 Å². The van der Waals surface area contributed by atoms with Crippen molar-refractivity contribution in [1.29, 1.82) is 0 Å². The van der Waals surface area contributed by atoms with Crippen LogP contribution in [0.4, 0.5) is 4.79 Å². The van der Waals surface area contributed by atoms with Gasteiger partial charge in [-0.15, -0.1) is 0 Å². The molecular weight excluding hydrogens is 284 g/mol. The molecule has 1 saturated heterocycles. The van der Waals surface area contributed by atoms with Crippen molar-refractivity contribution in [3.63, 3.8) is 0 Å². The van der Waals surface area contributed by atoms with Gasteiger partial charge in [0.05, 0.1) is 12.1 Å². The number of urea groups is 1. The summed E-state index contributed by atoms with van der Waals surface area (Å²) in [5.74, 6) is 1.49. The predicted octanol–water partition coefficient (Wildman–Crippen LogP) is 1.82.